The molecule has 0 radical (unpaired) electrons. The van der Waals surface area contributed by atoms with E-state index in [1.165, 1.54) is 4.88 Å². The number of hydrogen-bond donors (Lipinski definition) is 2. The summed E-state index contributed by atoms with van der Waals surface area (Å²) in [5.74, 6) is 1.83. The van der Waals surface area contributed by atoms with Crippen molar-refractivity contribution >= 4 is 45.1 Å². The van der Waals surface area contributed by atoms with Crippen LogP contribution in [0, 0.1) is 0 Å². The van der Waals surface area contributed by atoms with Gasteiger partial charge in [-0.3, -0.25) is 0 Å². The van der Waals surface area contributed by atoms with E-state index < -0.39 is 0 Å². The first-order chi connectivity index (χ1) is 10.1. The Labute approximate surface area is 137 Å². The quantitative estimate of drug-likeness (QED) is 0.780. The Morgan fingerprint density at radius 1 is 1.14 bits per heavy atom. The molecule has 0 aromatic carbocycles. The lowest BCUT2D eigenvalue weighted by atomic mass is 10.3. The van der Waals surface area contributed by atoms with E-state index in [4.69, 9.17) is 0 Å². The molecule has 0 spiro atoms. The van der Waals surface area contributed by atoms with E-state index in [-0.39, 0.29) is 0 Å². The molecule has 0 unspecified atom stereocenters. The summed E-state index contributed by atoms with van der Waals surface area (Å²) in [7, 11) is 3.83. The summed E-state index contributed by atoms with van der Waals surface area (Å²) in [4.78, 5) is 16.3. The summed E-state index contributed by atoms with van der Waals surface area (Å²) in [6.07, 6.45) is 0.940. The molecule has 2 heterocycles. The molecule has 0 saturated heterocycles. The van der Waals surface area contributed by atoms with E-state index in [0.717, 1.165) is 23.3 Å². The van der Waals surface area contributed by atoms with E-state index >= 15 is 0 Å². The molecule has 0 saturated carbocycles. The standard InChI is InChI=1S/C13H19BrN6S/c1-4-15-11-17-12(19-13(18-11)20(2)3)16-8-7-9-5-6-10(14)21-9/h5-6H,4,7-8H2,1-3H3,(H2,15,16,17,18,19). The second kappa shape index (κ2) is 7.56. The minimum absolute atomic E-state index is 0.595. The first kappa shape index (κ1) is 16.0. The Bertz CT molecular complexity index is 586. The zero-order valence-electron chi connectivity index (χ0n) is 12.4. The predicted molar refractivity (Wildman–Crippen MR) is 92.5 cm³/mol. The fourth-order valence-corrected chi connectivity index (χ4v) is 3.15. The maximum absolute atomic E-state index is 4.40. The van der Waals surface area contributed by atoms with Gasteiger partial charge in [0.2, 0.25) is 17.8 Å². The number of nitrogens with one attached hydrogen (secondary N) is 2. The van der Waals surface area contributed by atoms with Crippen molar-refractivity contribution in [2.45, 2.75) is 13.3 Å². The molecular formula is C13H19BrN6S. The van der Waals surface area contributed by atoms with Gasteiger partial charge in [0.05, 0.1) is 3.79 Å². The highest BCUT2D eigenvalue weighted by molar-refractivity contribution is 9.11. The zero-order valence-corrected chi connectivity index (χ0v) is 14.8. The van der Waals surface area contributed by atoms with Crippen molar-refractivity contribution < 1.29 is 0 Å². The Morgan fingerprint density at radius 2 is 1.86 bits per heavy atom. The molecule has 2 aromatic heterocycles. The van der Waals surface area contributed by atoms with Crippen molar-refractivity contribution in [3.05, 3.63) is 20.8 Å². The topological polar surface area (TPSA) is 66.0 Å². The summed E-state index contributed by atoms with van der Waals surface area (Å²) in [6, 6.07) is 4.19. The molecule has 0 amide bonds. The van der Waals surface area contributed by atoms with E-state index in [2.05, 4.69) is 53.6 Å². The molecule has 114 valence electrons. The number of hydrogen-bond acceptors (Lipinski definition) is 7. The number of rotatable bonds is 7. The normalized spacial score (nSPS) is 10.5. The second-order valence-electron chi connectivity index (χ2n) is 4.59. The summed E-state index contributed by atoms with van der Waals surface area (Å²) in [6.45, 7) is 3.58. The fraction of sp³-hybridized carbons (Fsp3) is 0.462. The van der Waals surface area contributed by atoms with Crippen LogP contribution in [0.3, 0.4) is 0 Å². The van der Waals surface area contributed by atoms with Crippen LogP contribution in [0.25, 0.3) is 0 Å². The lowest BCUT2D eigenvalue weighted by Gasteiger charge is -2.13. The van der Waals surface area contributed by atoms with Gasteiger partial charge in [-0.15, -0.1) is 11.3 Å². The maximum atomic E-state index is 4.40. The highest BCUT2D eigenvalue weighted by atomic mass is 79.9. The molecule has 2 N–H and O–H groups in total. The van der Waals surface area contributed by atoms with Gasteiger partial charge in [0, 0.05) is 32.1 Å². The lowest BCUT2D eigenvalue weighted by molar-refractivity contribution is 0.928. The Kier molecular flexibility index (Phi) is 5.75. The van der Waals surface area contributed by atoms with E-state index in [0.29, 0.717) is 17.8 Å². The van der Waals surface area contributed by atoms with Crippen LogP contribution in [0.2, 0.25) is 0 Å². The van der Waals surface area contributed by atoms with E-state index in [9.17, 15) is 0 Å². The number of aromatic nitrogens is 3. The Balaban J connectivity index is 2.00. The van der Waals surface area contributed by atoms with Gasteiger partial charge >= 0.3 is 0 Å². The van der Waals surface area contributed by atoms with Gasteiger partial charge < -0.3 is 15.5 Å². The molecule has 0 aliphatic carbocycles. The number of nitrogens with zero attached hydrogens (tertiary/aromatic N) is 4. The van der Waals surface area contributed by atoms with Crippen LogP contribution >= 0.6 is 27.3 Å². The predicted octanol–water partition coefficient (Wildman–Crippen LogP) is 2.85. The largest absolute Gasteiger partial charge is 0.354 e. The van der Waals surface area contributed by atoms with Gasteiger partial charge in [-0.05, 0) is 41.4 Å². The minimum atomic E-state index is 0.595. The van der Waals surface area contributed by atoms with Gasteiger partial charge in [-0.25, -0.2) is 0 Å². The number of anilines is 3. The number of thiophene rings is 1. The Morgan fingerprint density at radius 3 is 2.43 bits per heavy atom. The molecule has 0 fully saturated rings. The van der Waals surface area contributed by atoms with Gasteiger partial charge in [0.25, 0.3) is 0 Å². The van der Waals surface area contributed by atoms with Crippen molar-refractivity contribution in [3.8, 4) is 0 Å². The van der Waals surface area contributed by atoms with Crippen LogP contribution < -0.4 is 15.5 Å². The molecule has 21 heavy (non-hydrogen) atoms. The molecule has 0 atom stereocenters. The highest BCUT2D eigenvalue weighted by Crippen LogP contribution is 2.22. The molecule has 2 rings (SSSR count). The lowest BCUT2D eigenvalue weighted by Crippen LogP contribution is -2.17. The summed E-state index contributed by atoms with van der Waals surface area (Å²) >= 11 is 5.22. The third-order valence-corrected chi connectivity index (χ3v) is 4.33. The Hall–Kier alpha value is -1.41. The average Bonchev–Trinajstić information content (AvgIpc) is 2.84. The average molecular weight is 371 g/mol. The molecule has 6 nitrogen and oxygen atoms in total. The number of halogens is 1. The fourth-order valence-electron chi connectivity index (χ4n) is 1.66. The van der Waals surface area contributed by atoms with Crippen molar-refractivity contribution in [3.63, 3.8) is 0 Å². The van der Waals surface area contributed by atoms with Crippen LogP contribution in [-0.4, -0.2) is 42.1 Å². The van der Waals surface area contributed by atoms with E-state index in [1.54, 1.807) is 11.3 Å². The molecular weight excluding hydrogens is 352 g/mol. The SMILES string of the molecule is CCNc1nc(NCCc2ccc(Br)s2)nc(N(C)C)n1. The van der Waals surface area contributed by atoms with Gasteiger partial charge in [0.15, 0.2) is 0 Å². The first-order valence-corrected chi connectivity index (χ1v) is 8.34. The van der Waals surface area contributed by atoms with Gasteiger partial charge in [-0.1, -0.05) is 0 Å². The zero-order chi connectivity index (χ0) is 15.2. The summed E-state index contributed by atoms with van der Waals surface area (Å²) < 4.78 is 1.15. The smallest absolute Gasteiger partial charge is 0.231 e. The van der Waals surface area contributed by atoms with Crippen molar-refractivity contribution in [2.24, 2.45) is 0 Å². The van der Waals surface area contributed by atoms with Gasteiger partial charge in [-0.2, -0.15) is 15.0 Å². The second-order valence-corrected chi connectivity index (χ2v) is 7.14. The molecule has 2 aromatic rings. The summed E-state index contributed by atoms with van der Waals surface area (Å²) in [5, 5.41) is 6.38. The van der Waals surface area contributed by atoms with Crippen LogP contribution in [0.15, 0.2) is 15.9 Å². The summed E-state index contributed by atoms with van der Waals surface area (Å²) in [5.41, 5.74) is 0. The van der Waals surface area contributed by atoms with Gasteiger partial charge in [0.1, 0.15) is 0 Å². The van der Waals surface area contributed by atoms with Crippen molar-refractivity contribution in [1.29, 1.82) is 0 Å². The molecule has 8 heteroatoms. The van der Waals surface area contributed by atoms with Crippen LogP contribution in [-0.2, 0) is 6.42 Å². The minimum Gasteiger partial charge on any atom is -0.354 e. The molecule has 0 bridgehead atoms. The van der Waals surface area contributed by atoms with Crippen LogP contribution in [0.1, 0.15) is 11.8 Å². The molecule has 0 aliphatic rings. The van der Waals surface area contributed by atoms with Crippen molar-refractivity contribution in [2.75, 3.05) is 42.7 Å². The van der Waals surface area contributed by atoms with Crippen molar-refractivity contribution in [1.82, 2.24) is 15.0 Å². The van der Waals surface area contributed by atoms with Crippen LogP contribution in [0.4, 0.5) is 17.8 Å². The third-order valence-electron chi connectivity index (χ3n) is 2.64. The highest BCUT2D eigenvalue weighted by Gasteiger charge is 2.07. The van der Waals surface area contributed by atoms with E-state index in [1.807, 2.05) is 25.9 Å². The van der Waals surface area contributed by atoms with Crippen LogP contribution in [0.5, 0.6) is 0 Å². The maximum Gasteiger partial charge on any atom is 0.231 e. The molecule has 0 aliphatic heterocycles. The first-order valence-electron chi connectivity index (χ1n) is 6.74. The third kappa shape index (κ3) is 4.82. The monoisotopic (exact) mass is 370 g/mol.